The van der Waals surface area contributed by atoms with E-state index in [1.54, 1.807) is 12.1 Å². The Balaban J connectivity index is 2.04. The normalized spacial score (nSPS) is 21.9. The molecule has 1 aromatic rings. The lowest BCUT2D eigenvalue weighted by Crippen LogP contribution is -2.48. The number of carbonyl (C=O) groups excluding carboxylic acids is 1. The van der Waals surface area contributed by atoms with E-state index in [4.69, 9.17) is 4.74 Å². The molecule has 1 heterocycles. The van der Waals surface area contributed by atoms with Gasteiger partial charge in [0.25, 0.3) is 5.91 Å². The lowest BCUT2D eigenvalue weighted by atomic mass is 10.2. The maximum Gasteiger partial charge on any atom is 0.251 e. The van der Waals surface area contributed by atoms with Crippen molar-refractivity contribution < 1.29 is 17.9 Å². The van der Waals surface area contributed by atoms with Gasteiger partial charge in [-0.2, -0.15) is 4.31 Å². The van der Waals surface area contributed by atoms with Crippen molar-refractivity contribution >= 4 is 15.9 Å². The van der Waals surface area contributed by atoms with Gasteiger partial charge in [0.2, 0.25) is 10.0 Å². The van der Waals surface area contributed by atoms with Gasteiger partial charge in [-0.05, 0) is 44.5 Å². The van der Waals surface area contributed by atoms with Gasteiger partial charge < -0.3 is 10.1 Å². The van der Waals surface area contributed by atoms with Crippen LogP contribution in [0.5, 0.6) is 0 Å². The average Bonchev–Trinajstić information content (AvgIpc) is 2.58. The van der Waals surface area contributed by atoms with E-state index < -0.39 is 10.0 Å². The van der Waals surface area contributed by atoms with E-state index in [2.05, 4.69) is 12.2 Å². The van der Waals surface area contributed by atoms with E-state index >= 15 is 0 Å². The predicted molar refractivity (Wildman–Crippen MR) is 97.1 cm³/mol. The SMILES string of the molecule is CCCCCNC(=O)c1ccc(S(=O)(=O)N2CC(C)OC(C)C2)cc1. The van der Waals surface area contributed by atoms with Gasteiger partial charge in [0, 0.05) is 25.2 Å². The molecule has 7 heteroatoms. The lowest BCUT2D eigenvalue weighted by Gasteiger charge is -2.34. The van der Waals surface area contributed by atoms with Gasteiger partial charge in [-0.1, -0.05) is 19.8 Å². The maximum atomic E-state index is 12.8. The second-order valence-electron chi connectivity index (χ2n) is 6.57. The highest BCUT2D eigenvalue weighted by Gasteiger charge is 2.32. The summed E-state index contributed by atoms with van der Waals surface area (Å²) in [5.41, 5.74) is 0.471. The predicted octanol–water partition coefficient (Wildman–Crippen LogP) is 2.40. The molecule has 2 rings (SSSR count). The molecule has 1 aliphatic rings. The van der Waals surface area contributed by atoms with Gasteiger partial charge in [-0.25, -0.2) is 8.42 Å². The third-order valence-corrected chi connectivity index (χ3v) is 6.05. The summed E-state index contributed by atoms with van der Waals surface area (Å²) in [5, 5.41) is 2.85. The Kier molecular flexibility index (Phi) is 6.98. The minimum atomic E-state index is -3.57. The van der Waals surface area contributed by atoms with Crippen molar-refractivity contribution in [2.45, 2.75) is 57.1 Å². The summed E-state index contributed by atoms with van der Waals surface area (Å²) in [6.45, 7) is 7.15. The van der Waals surface area contributed by atoms with Crippen LogP contribution in [-0.2, 0) is 14.8 Å². The first-order chi connectivity index (χ1) is 11.8. The van der Waals surface area contributed by atoms with Gasteiger partial charge >= 0.3 is 0 Å². The highest BCUT2D eigenvalue weighted by atomic mass is 32.2. The number of hydrogen-bond acceptors (Lipinski definition) is 4. The van der Waals surface area contributed by atoms with Gasteiger partial charge in [0.15, 0.2) is 0 Å². The summed E-state index contributed by atoms with van der Waals surface area (Å²) in [6, 6.07) is 6.13. The molecule has 6 nitrogen and oxygen atoms in total. The molecular weight excluding hydrogens is 340 g/mol. The Morgan fingerprint density at radius 2 is 1.76 bits per heavy atom. The summed E-state index contributed by atoms with van der Waals surface area (Å²) >= 11 is 0. The molecule has 1 saturated heterocycles. The zero-order valence-electron chi connectivity index (χ0n) is 15.2. The Hall–Kier alpha value is -1.44. The number of rotatable bonds is 7. The fourth-order valence-electron chi connectivity index (χ4n) is 2.93. The molecule has 140 valence electrons. The number of morpholine rings is 1. The second kappa shape index (κ2) is 8.78. The maximum absolute atomic E-state index is 12.8. The Morgan fingerprint density at radius 3 is 2.32 bits per heavy atom. The molecule has 1 aliphatic heterocycles. The van der Waals surface area contributed by atoms with Gasteiger partial charge in [0.05, 0.1) is 17.1 Å². The van der Waals surface area contributed by atoms with Crippen molar-refractivity contribution in [3.05, 3.63) is 29.8 Å². The zero-order chi connectivity index (χ0) is 18.4. The first kappa shape index (κ1) is 19.9. The van der Waals surface area contributed by atoms with Crippen LogP contribution < -0.4 is 5.32 Å². The molecule has 0 aliphatic carbocycles. The van der Waals surface area contributed by atoms with Crippen molar-refractivity contribution in [3.63, 3.8) is 0 Å². The quantitative estimate of drug-likeness (QED) is 0.750. The van der Waals surface area contributed by atoms with Gasteiger partial charge in [0.1, 0.15) is 0 Å². The molecule has 2 atom stereocenters. The van der Waals surface area contributed by atoms with Crippen LogP contribution in [0.15, 0.2) is 29.2 Å². The molecule has 0 radical (unpaired) electrons. The van der Waals surface area contributed by atoms with Crippen molar-refractivity contribution in [3.8, 4) is 0 Å². The van der Waals surface area contributed by atoms with Crippen LogP contribution in [0.4, 0.5) is 0 Å². The molecule has 0 aromatic heterocycles. The molecule has 1 aromatic carbocycles. The Morgan fingerprint density at radius 1 is 1.16 bits per heavy atom. The van der Waals surface area contributed by atoms with E-state index in [9.17, 15) is 13.2 Å². The number of sulfonamides is 1. The minimum absolute atomic E-state index is 0.133. The monoisotopic (exact) mass is 368 g/mol. The first-order valence-electron chi connectivity index (χ1n) is 8.88. The largest absolute Gasteiger partial charge is 0.373 e. The fraction of sp³-hybridized carbons (Fsp3) is 0.611. The van der Waals surface area contributed by atoms with Crippen LogP contribution in [0, 0.1) is 0 Å². The van der Waals surface area contributed by atoms with E-state index in [0.717, 1.165) is 19.3 Å². The Labute approximate surface area is 150 Å². The van der Waals surface area contributed by atoms with Gasteiger partial charge in [-0.15, -0.1) is 0 Å². The summed E-state index contributed by atoms with van der Waals surface area (Å²) in [6.07, 6.45) is 2.86. The summed E-state index contributed by atoms with van der Waals surface area (Å²) in [7, 11) is -3.57. The summed E-state index contributed by atoms with van der Waals surface area (Å²) in [5.74, 6) is -0.173. The van der Waals surface area contributed by atoms with Crippen LogP contribution in [0.2, 0.25) is 0 Å². The first-order valence-corrected chi connectivity index (χ1v) is 10.3. The molecule has 1 amide bonds. The van der Waals surface area contributed by atoms with Crippen LogP contribution in [0.25, 0.3) is 0 Å². The van der Waals surface area contributed by atoms with Crippen molar-refractivity contribution in [2.24, 2.45) is 0 Å². The highest BCUT2D eigenvalue weighted by Crippen LogP contribution is 2.21. The van der Waals surface area contributed by atoms with Crippen molar-refractivity contribution in [1.82, 2.24) is 9.62 Å². The highest BCUT2D eigenvalue weighted by molar-refractivity contribution is 7.89. The number of hydrogen-bond donors (Lipinski definition) is 1. The fourth-order valence-corrected chi connectivity index (χ4v) is 4.52. The lowest BCUT2D eigenvalue weighted by molar-refractivity contribution is -0.0440. The van der Waals surface area contributed by atoms with Gasteiger partial charge in [-0.3, -0.25) is 4.79 Å². The molecular formula is C18H28N2O4S. The molecule has 1 fully saturated rings. The molecule has 25 heavy (non-hydrogen) atoms. The molecule has 0 bridgehead atoms. The number of nitrogens with zero attached hydrogens (tertiary/aromatic N) is 1. The number of amides is 1. The average molecular weight is 368 g/mol. The smallest absolute Gasteiger partial charge is 0.251 e. The number of ether oxygens (including phenoxy) is 1. The summed E-state index contributed by atoms with van der Waals surface area (Å²) < 4.78 is 32.6. The van der Waals surface area contributed by atoms with E-state index in [1.807, 2.05) is 13.8 Å². The van der Waals surface area contributed by atoms with E-state index in [0.29, 0.717) is 25.2 Å². The van der Waals surface area contributed by atoms with E-state index in [1.165, 1.54) is 16.4 Å². The summed E-state index contributed by atoms with van der Waals surface area (Å²) in [4.78, 5) is 12.3. The standard InChI is InChI=1S/C18H28N2O4S/c1-4-5-6-11-19-18(21)16-7-9-17(10-8-16)25(22,23)20-12-14(2)24-15(3)13-20/h7-10,14-15H,4-6,11-13H2,1-3H3,(H,19,21). The van der Waals surface area contributed by atoms with E-state index in [-0.39, 0.29) is 23.0 Å². The van der Waals surface area contributed by atoms with Crippen molar-refractivity contribution in [2.75, 3.05) is 19.6 Å². The number of unbranched alkanes of at least 4 members (excludes halogenated alkanes) is 2. The third kappa shape index (κ3) is 5.26. The third-order valence-electron chi connectivity index (χ3n) is 4.21. The van der Waals surface area contributed by atoms with Crippen LogP contribution >= 0.6 is 0 Å². The Bertz CT molecular complexity index is 663. The van der Waals surface area contributed by atoms with Crippen LogP contribution in [0.1, 0.15) is 50.4 Å². The van der Waals surface area contributed by atoms with Crippen LogP contribution in [-0.4, -0.2) is 50.5 Å². The second-order valence-corrected chi connectivity index (χ2v) is 8.50. The molecule has 0 spiro atoms. The minimum Gasteiger partial charge on any atom is -0.373 e. The molecule has 1 N–H and O–H groups in total. The zero-order valence-corrected chi connectivity index (χ0v) is 16.0. The van der Waals surface area contributed by atoms with Crippen molar-refractivity contribution in [1.29, 1.82) is 0 Å². The number of benzene rings is 1. The topological polar surface area (TPSA) is 75.7 Å². The molecule has 0 saturated carbocycles. The van der Waals surface area contributed by atoms with Crippen LogP contribution in [0.3, 0.4) is 0 Å². The molecule has 2 unspecified atom stereocenters. The number of nitrogens with one attached hydrogen (secondary N) is 1. The number of carbonyl (C=O) groups is 1.